The highest BCUT2D eigenvalue weighted by Gasteiger charge is 2.28. The molecule has 0 N–H and O–H groups in total. The van der Waals surface area contributed by atoms with Gasteiger partial charge in [-0.25, -0.2) is 0 Å². The summed E-state index contributed by atoms with van der Waals surface area (Å²) < 4.78 is 15.7. The molecule has 1 aromatic carbocycles. The molecule has 116 valence electrons. The molecule has 0 unspecified atom stereocenters. The highest BCUT2D eigenvalue weighted by Crippen LogP contribution is 2.23. The Bertz CT molecular complexity index is 635. The van der Waals surface area contributed by atoms with Crippen LogP contribution in [0.5, 0.6) is 5.75 Å². The molecule has 3 rings (SSSR count). The van der Waals surface area contributed by atoms with Crippen LogP contribution < -0.4 is 4.74 Å². The van der Waals surface area contributed by atoms with E-state index in [4.69, 9.17) is 25.6 Å². The van der Waals surface area contributed by atoms with Gasteiger partial charge in [-0.2, -0.15) is 4.98 Å². The number of carbonyl (C=O) groups excluding carboxylic acids is 1. The molecule has 7 nitrogen and oxygen atoms in total. The number of nitrogens with zero attached hydrogens (tertiary/aromatic N) is 3. The van der Waals surface area contributed by atoms with Crippen LogP contribution in [0.15, 0.2) is 35.2 Å². The van der Waals surface area contributed by atoms with Gasteiger partial charge in [-0.05, 0) is 12.1 Å². The van der Waals surface area contributed by atoms with Crippen LogP contribution in [0.1, 0.15) is 11.9 Å². The fraction of sp³-hybridized carbons (Fsp3) is 0.357. The summed E-state index contributed by atoms with van der Waals surface area (Å²) in [5, 5.41) is 4.22. The fourth-order valence-electron chi connectivity index (χ4n) is 2.15. The van der Waals surface area contributed by atoms with Gasteiger partial charge >= 0.3 is 0 Å². The van der Waals surface area contributed by atoms with Crippen molar-refractivity contribution in [2.45, 2.75) is 6.10 Å². The van der Waals surface area contributed by atoms with Gasteiger partial charge in [0.2, 0.25) is 12.2 Å². The van der Waals surface area contributed by atoms with Gasteiger partial charge in [0.1, 0.15) is 11.9 Å². The molecule has 8 heteroatoms. The second-order valence-corrected chi connectivity index (χ2v) is 5.11. The smallest absolute Gasteiger partial charge is 0.260 e. The number of halogens is 1. The van der Waals surface area contributed by atoms with Crippen LogP contribution in [0.2, 0.25) is 5.02 Å². The van der Waals surface area contributed by atoms with Crippen LogP contribution >= 0.6 is 11.6 Å². The Labute approximate surface area is 131 Å². The maximum Gasteiger partial charge on any atom is 0.260 e. The summed E-state index contributed by atoms with van der Waals surface area (Å²) in [6, 6.07) is 7.03. The van der Waals surface area contributed by atoms with Crippen LogP contribution in [0.4, 0.5) is 0 Å². The number of aromatic nitrogens is 2. The van der Waals surface area contributed by atoms with Gasteiger partial charge < -0.3 is 18.9 Å². The number of carbonyl (C=O) groups is 1. The molecule has 0 aliphatic carbocycles. The summed E-state index contributed by atoms with van der Waals surface area (Å²) in [6.07, 6.45) is 0.858. The number of benzene rings is 1. The lowest BCUT2D eigenvalue weighted by atomic mass is 10.2. The van der Waals surface area contributed by atoms with E-state index in [-0.39, 0.29) is 18.6 Å². The number of hydrogen-bond donors (Lipinski definition) is 0. The monoisotopic (exact) mass is 323 g/mol. The van der Waals surface area contributed by atoms with Crippen molar-refractivity contribution in [3.63, 3.8) is 0 Å². The fourth-order valence-corrected chi connectivity index (χ4v) is 2.34. The van der Waals surface area contributed by atoms with Crippen molar-refractivity contribution in [2.24, 2.45) is 0 Å². The molecule has 1 fully saturated rings. The van der Waals surface area contributed by atoms with E-state index in [2.05, 4.69) is 10.1 Å². The second-order valence-electron chi connectivity index (χ2n) is 4.71. The van der Waals surface area contributed by atoms with Gasteiger partial charge in [0.15, 0.2) is 6.61 Å². The van der Waals surface area contributed by atoms with Gasteiger partial charge in [0, 0.05) is 6.54 Å². The molecule has 0 radical (unpaired) electrons. The van der Waals surface area contributed by atoms with E-state index in [1.165, 1.54) is 6.39 Å². The van der Waals surface area contributed by atoms with Crippen molar-refractivity contribution in [1.29, 1.82) is 0 Å². The molecule has 2 heterocycles. The normalized spacial score (nSPS) is 18.2. The lowest BCUT2D eigenvalue weighted by molar-refractivity contribution is -0.141. The minimum absolute atomic E-state index is 0.0807. The third-order valence-electron chi connectivity index (χ3n) is 3.27. The number of morpholine rings is 1. The summed E-state index contributed by atoms with van der Waals surface area (Å²) in [6.45, 7) is 1.20. The Hall–Kier alpha value is -2.12. The first kappa shape index (κ1) is 14.8. The highest BCUT2D eigenvalue weighted by atomic mass is 35.5. The van der Waals surface area contributed by atoms with Crippen molar-refractivity contribution in [2.75, 3.05) is 26.3 Å². The van der Waals surface area contributed by atoms with Crippen LogP contribution in [-0.4, -0.2) is 47.3 Å². The Morgan fingerprint density at radius 2 is 2.32 bits per heavy atom. The van der Waals surface area contributed by atoms with Crippen LogP contribution in [0.3, 0.4) is 0 Å². The summed E-state index contributed by atoms with van der Waals surface area (Å²) in [7, 11) is 0. The summed E-state index contributed by atoms with van der Waals surface area (Å²) in [5.41, 5.74) is 0. The van der Waals surface area contributed by atoms with Crippen LogP contribution in [0, 0.1) is 0 Å². The summed E-state index contributed by atoms with van der Waals surface area (Å²) in [5.74, 6) is 0.779. The van der Waals surface area contributed by atoms with Crippen LogP contribution in [0.25, 0.3) is 0 Å². The minimum atomic E-state index is -0.378. The molecule has 2 aromatic rings. The molecule has 22 heavy (non-hydrogen) atoms. The quantitative estimate of drug-likeness (QED) is 0.852. The maximum atomic E-state index is 12.2. The predicted octanol–water partition coefficient (Wildman–Crippen LogP) is 1.70. The van der Waals surface area contributed by atoms with E-state index in [0.29, 0.717) is 36.3 Å². The zero-order chi connectivity index (χ0) is 15.4. The van der Waals surface area contributed by atoms with E-state index in [9.17, 15) is 4.79 Å². The Morgan fingerprint density at radius 1 is 1.45 bits per heavy atom. The molecule has 1 saturated heterocycles. The van der Waals surface area contributed by atoms with Gasteiger partial charge in [0.05, 0.1) is 18.2 Å². The molecule has 1 aliphatic rings. The molecular weight excluding hydrogens is 310 g/mol. The Kier molecular flexibility index (Phi) is 4.55. The average molecular weight is 324 g/mol. The van der Waals surface area contributed by atoms with Crippen molar-refractivity contribution < 1.29 is 18.8 Å². The first-order valence-corrected chi connectivity index (χ1v) is 7.15. The number of para-hydroxylation sites is 1. The van der Waals surface area contributed by atoms with Gasteiger partial charge in [-0.3, -0.25) is 4.79 Å². The number of amides is 1. The number of rotatable bonds is 4. The van der Waals surface area contributed by atoms with Crippen LogP contribution in [-0.2, 0) is 9.53 Å². The third-order valence-corrected chi connectivity index (χ3v) is 3.59. The van der Waals surface area contributed by atoms with E-state index in [1.807, 2.05) is 0 Å². The van der Waals surface area contributed by atoms with Gasteiger partial charge in [-0.15, -0.1) is 0 Å². The molecule has 1 aliphatic heterocycles. The highest BCUT2D eigenvalue weighted by molar-refractivity contribution is 6.32. The molecule has 1 amide bonds. The molecule has 0 spiro atoms. The molecule has 1 atom stereocenters. The Balaban J connectivity index is 1.57. The lowest BCUT2D eigenvalue weighted by Gasteiger charge is -2.31. The van der Waals surface area contributed by atoms with Crippen molar-refractivity contribution in [3.05, 3.63) is 41.5 Å². The Morgan fingerprint density at radius 3 is 3.09 bits per heavy atom. The second kappa shape index (κ2) is 6.76. The lowest BCUT2D eigenvalue weighted by Crippen LogP contribution is -2.44. The average Bonchev–Trinajstić information content (AvgIpc) is 3.08. The number of ether oxygens (including phenoxy) is 2. The van der Waals surface area contributed by atoms with Crippen molar-refractivity contribution in [1.82, 2.24) is 15.0 Å². The minimum Gasteiger partial charge on any atom is -0.482 e. The topological polar surface area (TPSA) is 77.7 Å². The maximum absolute atomic E-state index is 12.2. The third kappa shape index (κ3) is 3.37. The first-order chi connectivity index (χ1) is 10.7. The molecule has 0 bridgehead atoms. The van der Waals surface area contributed by atoms with Gasteiger partial charge in [0.25, 0.3) is 5.91 Å². The zero-order valence-electron chi connectivity index (χ0n) is 11.6. The van der Waals surface area contributed by atoms with E-state index in [1.54, 1.807) is 29.2 Å². The zero-order valence-corrected chi connectivity index (χ0v) is 12.4. The molecule has 1 aromatic heterocycles. The van der Waals surface area contributed by atoms with E-state index in [0.717, 1.165) is 0 Å². The first-order valence-electron chi connectivity index (χ1n) is 6.77. The summed E-state index contributed by atoms with van der Waals surface area (Å²) >= 11 is 5.99. The van der Waals surface area contributed by atoms with Crippen molar-refractivity contribution in [3.8, 4) is 5.75 Å². The van der Waals surface area contributed by atoms with Gasteiger partial charge in [-0.1, -0.05) is 28.9 Å². The van der Waals surface area contributed by atoms with E-state index >= 15 is 0 Å². The standard InChI is InChI=1S/C14H14ClN3O4/c15-10-3-1-2-4-11(10)21-8-13(19)18-5-6-20-12(7-18)14-16-9-22-17-14/h1-4,9,12H,5-8H2/t12-/m0/s1. The van der Waals surface area contributed by atoms with E-state index < -0.39 is 0 Å². The molecular formula is C14H14ClN3O4. The largest absolute Gasteiger partial charge is 0.482 e. The van der Waals surface area contributed by atoms with Crippen molar-refractivity contribution >= 4 is 17.5 Å². The number of hydrogen-bond acceptors (Lipinski definition) is 6. The SMILES string of the molecule is O=C(COc1ccccc1Cl)N1CCO[C@H](c2ncon2)C1. The summed E-state index contributed by atoms with van der Waals surface area (Å²) in [4.78, 5) is 17.8. The molecule has 0 saturated carbocycles. The predicted molar refractivity (Wildman–Crippen MR) is 76.5 cm³/mol.